The highest BCUT2D eigenvalue weighted by molar-refractivity contribution is 5.08. The lowest BCUT2D eigenvalue weighted by Crippen LogP contribution is -2.60. The van der Waals surface area contributed by atoms with Gasteiger partial charge in [-0.1, -0.05) is 11.6 Å². The maximum Gasteiger partial charge on any atom is 0.187 e. The van der Waals surface area contributed by atoms with E-state index in [1.54, 1.807) is 6.08 Å². The van der Waals surface area contributed by atoms with E-state index in [0.29, 0.717) is 6.42 Å². The van der Waals surface area contributed by atoms with Crippen LogP contribution in [0.2, 0.25) is 0 Å². The molecule has 2 aliphatic rings. The average molecular weight is 290 g/mol. The number of ether oxygens (including phenoxy) is 2. The molecule has 7 atom stereocenters. The van der Waals surface area contributed by atoms with Crippen LogP contribution in [0.25, 0.3) is 0 Å². The summed E-state index contributed by atoms with van der Waals surface area (Å²) in [5.74, 6) is 0. The molecule has 116 valence electrons. The van der Waals surface area contributed by atoms with Crippen LogP contribution in [0.3, 0.4) is 0 Å². The van der Waals surface area contributed by atoms with Crippen LogP contribution in [0, 0.1) is 0 Å². The number of rotatable bonds is 3. The van der Waals surface area contributed by atoms with Crippen molar-refractivity contribution in [3.8, 4) is 0 Å². The van der Waals surface area contributed by atoms with Crippen molar-refractivity contribution < 1.29 is 35.0 Å². The molecule has 1 aliphatic heterocycles. The first-order valence-corrected chi connectivity index (χ1v) is 6.75. The third kappa shape index (κ3) is 3.20. The smallest absolute Gasteiger partial charge is 0.187 e. The van der Waals surface area contributed by atoms with E-state index in [4.69, 9.17) is 14.6 Å². The first-order chi connectivity index (χ1) is 9.43. The van der Waals surface area contributed by atoms with Crippen LogP contribution < -0.4 is 0 Å². The minimum absolute atomic E-state index is 0.503. The van der Waals surface area contributed by atoms with Crippen LogP contribution in [0.4, 0.5) is 0 Å². The Morgan fingerprint density at radius 2 is 1.90 bits per heavy atom. The molecule has 2 unspecified atom stereocenters. The van der Waals surface area contributed by atoms with Gasteiger partial charge in [-0.25, -0.2) is 0 Å². The van der Waals surface area contributed by atoms with E-state index in [1.807, 2.05) is 6.92 Å². The van der Waals surface area contributed by atoms with Gasteiger partial charge in [0.15, 0.2) is 6.29 Å². The molecule has 20 heavy (non-hydrogen) atoms. The molecule has 1 fully saturated rings. The topological polar surface area (TPSA) is 120 Å². The van der Waals surface area contributed by atoms with Crippen molar-refractivity contribution in [3.05, 3.63) is 11.6 Å². The molecule has 1 heterocycles. The highest BCUT2D eigenvalue weighted by Crippen LogP contribution is 2.27. The molecular weight excluding hydrogens is 268 g/mol. The normalized spacial score (nSPS) is 46.1. The number of hydrogen-bond acceptors (Lipinski definition) is 7. The van der Waals surface area contributed by atoms with Gasteiger partial charge in [-0.15, -0.1) is 0 Å². The van der Waals surface area contributed by atoms with Gasteiger partial charge >= 0.3 is 0 Å². The Morgan fingerprint density at radius 3 is 2.50 bits per heavy atom. The Morgan fingerprint density at radius 1 is 1.20 bits per heavy atom. The van der Waals surface area contributed by atoms with E-state index in [2.05, 4.69) is 0 Å². The summed E-state index contributed by atoms with van der Waals surface area (Å²) >= 11 is 0. The number of aliphatic hydroxyl groups excluding tert-OH is 5. The Bertz CT molecular complexity index is 357. The van der Waals surface area contributed by atoms with Crippen molar-refractivity contribution in [1.82, 2.24) is 0 Å². The maximum absolute atomic E-state index is 9.90. The van der Waals surface area contributed by atoms with Crippen molar-refractivity contribution in [1.29, 1.82) is 0 Å². The van der Waals surface area contributed by atoms with Crippen molar-refractivity contribution in [3.63, 3.8) is 0 Å². The van der Waals surface area contributed by atoms with Gasteiger partial charge < -0.3 is 35.0 Å². The molecular formula is C13H22O7. The lowest BCUT2D eigenvalue weighted by Gasteiger charge is -2.41. The molecule has 5 N–H and O–H groups in total. The van der Waals surface area contributed by atoms with Gasteiger partial charge in [-0.3, -0.25) is 0 Å². The summed E-state index contributed by atoms with van der Waals surface area (Å²) in [6.07, 6.45) is -4.87. The fourth-order valence-corrected chi connectivity index (χ4v) is 2.52. The van der Waals surface area contributed by atoms with E-state index < -0.39 is 49.5 Å². The zero-order chi connectivity index (χ0) is 14.9. The Labute approximate surface area is 117 Å². The summed E-state index contributed by atoms with van der Waals surface area (Å²) in [4.78, 5) is 0. The van der Waals surface area contributed by atoms with Gasteiger partial charge in [0.25, 0.3) is 0 Å². The molecule has 1 aliphatic carbocycles. The molecule has 0 aromatic heterocycles. The van der Waals surface area contributed by atoms with Crippen molar-refractivity contribution in [2.75, 3.05) is 6.61 Å². The van der Waals surface area contributed by atoms with E-state index in [1.165, 1.54) is 0 Å². The molecule has 0 spiro atoms. The molecule has 7 nitrogen and oxygen atoms in total. The molecule has 7 heteroatoms. The fourth-order valence-electron chi connectivity index (χ4n) is 2.52. The zero-order valence-corrected chi connectivity index (χ0v) is 11.3. The molecule has 0 bridgehead atoms. The third-order valence-electron chi connectivity index (χ3n) is 3.82. The quantitative estimate of drug-likeness (QED) is 0.392. The van der Waals surface area contributed by atoms with Crippen LogP contribution in [-0.4, -0.2) is 75.1 Å². The van der Waals surface area contributed by atoms with Crippen molar-refractivity contribution in [2.45, 2.75) is 62.7 Å². The van der Waals surface area contributed by atoms with Crippen LogP contribution in [0.5, 0.6) is 0 Å². The number of aliphatic hydroxyl groups is 5. The van der Waals surface area contributed by atoms with Gasteiger partial charge in [-0.05, 0) is 19.8 Å². The van der Waals surface area contributed by atoms with Crippen molar-refractivity contribution >= 4 is 0 Å². The fraction of sp³-hybridized carbons (Fsp3) is 0.846. The third-order valence-corrected chi connectivity index (χ3v) is 3.82. The number of allylic oxidation sites excluding steroid dienone is 1. The Balaban J connectivity index is 2.01. The predicted octanol–water partition coefficient (Wildman–Crippen LogP) is -1.73. The first-order valence-electron chi connectivity index (χ1n) is 6.75. The molecule has 0 aromatic rings. The van der Waals surface area contributed by atoms with Gasteiger partial charge in [0.2, 0.25) is 0 Å². The zero-order valence-electron chi connectivity index (χ0n) is 11.3. The summed E-state index contributed by atoms with van der Waals surface area (Å²) in [6.45, 7) is 1.41. The second-order valence-electron chi connectivity index (χ2n) is 5.41. The summed E-state index contributed by atoms with van der Waals surface area (Å²) in [5.41, 5.74) is 1.06. The lowest BCUT2D eigenvalue weighted by molar-refractivity contribution is -0.316. The first kappa shape index (κ1) is 15.8. The van der Waals surface area contributed by atoms with E-state index in [0.717, 1.165) is 12.0 Å². The summed E-state index contributed by atoms with van der Waals surface area (Å²) in [6, 6.07) is 0. The molecule has 0 saturated carbocycles. The van der Waals surface area contributed by atoms with E-state index >= 15 is 0 Å². The molecule has 1 saturated heterocycles. The van der Waals surface area contributed by atoms with Gasteiger partial charge in [-0.2, -0.15) is 0 Å². The predicted molar refractivity (Wildman–Crippen MR) is 67.6 cm³/mol. The van der Waals surface area contributed by atoms with Crippen LogP contribution in [0.1, 0.15) is 19.8 Å². The van der Waals surface area contributed by atoms with Crippen LogP contribution >= 0.6 is 0 Å². The van der Waals surface area contributed by atoms with Gasteiger partial charge in [0, 0.05) is 0 Å². The van der Waals surface area contributed by atoms with Gasteiger partial charge in [0.05, 0.1) is 18.8 Å². The standard InChI is InChI=1S/C13H22O7/c1-6-2-3-8(7(15)4-6)19-13-12(18)11(17)10(16)9(5-14)20-13/h4,7-18H,2-3,5H2,1H3/t7?,8?,9-,10-,11+,12-,13-/m1/s1. The summed E-state index contributed by atoms with van der Waals surface area (Å²) in [5, 5.41) is 48.2. The highest BCUT2D eigenvalue weighted by atomic mass is 16.7. The Hall–Kier alpha value is -0.540. The highest BCUT2D eigenvalue weighted by Gasteiger charge is 2.45. The van der Waals surface area contributed by atoms with Crippen LogP contribution in [0.15, 0.2) is 11.6 Å². The molecule has 0 amide bonds. The van der Waals surface area contributed by atoms with Crippen LogP contribution in [-0.2, 0) is 9.47 Å². The monoisotopic (exact) mass is 290 g/mol. The maximum atomic E-state index is 9.90. The van der Waals surface area contributed by atoms with E-state index in [-0.39, 0.29) is 0 Å². The van der Waals surface area contributed by atoms with Gasteiger partial charge in [0.1, 0.15) is 24.4 Å². The summed E-state index contributed by atoms with van der Waals surface area (Å²) < 4.78 is 10.8. The largest absolute Gasteiger partial charge is 0.394 e. The lowest BCUT2D eigenvalue weighted by atomic mass is 9.95. The minimum atomic E-state index is -1.47. The second kappa shape index (κ2) is 6.48. The average Bonchev–Trinajstić information content (AvgIpc) is 2.42. The molecule has 2 rings (SSSR count). The second-order valence-corrected chi connectivity index (χ2v) is 5.41. The Kier molecular flexibility index (Phi) is 5.14. The molecule has 0 radical (unpaired) electrons. The number of hydrogen-bond donors (Lipinski definition) is 5. The molecule has 0 aromatic carbocycles. The summed E-state index contributed by atoms with van der Waals surface area (Å²) in [7, 11) is 0. The minimum Gasteiger partial charge on any atom is -0.394 e. The van der Waals surface area contributed by atoms with Crippen molar-refractivity contribution in [2.24, 2.45) is 0 Å². The van der Waals surface area contributed by atoms with E-state index in [9.17, 15) is 20.4 Å². The SMILES string of the molecule is CC1=CC(O)C(O[C@@H]2O[C@H](CO)[C@@H](O)[C@H](O)[C@H]2O)CC1.